The van der Waals surface area contributed by atoms with Crippen molar-refractivity contribution in [3.05, 3.63) is 204 Å². The van der Waals surface area contributed by atoms with Crippen molar-refractivity contribution in [1.82, 2.24) is 0 Å². The first-order valence-corrected chi connectivity index (χ1v) is 22.0. The lowest BCUT2D eigenvalue weighted by Crippen LogP contribution is -2.30. The minimum Gasteiger partial charge on any atom is -0.463 e. The van der Waals surface area contributed by atoms with Gasteiger partial charge in [-0.25, -0.2) is 9.59 Å². The number of carbonyl (C=O) groups is 2. The van der Waals surface area contributed by atoms with Crippen molar-refractivity contribution in [2.24, 2.45) is 0 Å². The van der Waals surface area contributed by atoms with Crippen molar-refractivity contribution >= 4 is 46.1 Å². The molecule has 0 radical (unpaired) electrons. The highest BCUT2D eigenvalue weighted by Crippen LogP contribution is 2.47. The van der Waals surface area contributed by atoms with E-state index in [0.717, 1.165) is 72.6 Å². The van der Waals surface area contributed by atoms with Gasteiger partial charge < -0.3 is 19.3 Å². The summed E-state index contributed by atoms with van der Waals surface area (Å²) in [7, 11) is 0. The van der Waals surface area contributed by atoms with Crippen LogP contribution < -0.4 is 9.80 Å². The minimum atomic E-state index is -0.382. The molecule has 6 aromatic rings. The van der Waals surface area contributed by atoms with E-state index in [2.05, 4.69) is 182 Å². The first kappa shape index (κ1) is 43.4. The molecule has 0 atom stereocenters. The molecule has 1 fully saturated rings. The second-order valence-corrected chi connectivity index (χ2v) is 16.4. The normalized spacial score (nSPS) is 13.1. The Morgan fingerprint density at radius 2 is 0.790 bits per heavy atom. The Morgan fingerprint density at radius 3 is 1.11 bits per heavy atom. The quantitative estimate of drug-likeness (QED) is 0.0489. The van der Waals surface area contributed by atoms with Crippen LogP contribution in [-0.2, 0) is 37.3 Å². The number of ether oxygens (including phenoxy) is 2. The number of hydrogen-bond donors (Lipinski definition) is 0. The van der Waals surface area contributed by atoms with Crippen LogP contribution in [0.5, 0.6) is 0 Å². The summed E-state index contributed by atoms with van der Waals surface area (Å²) < 4.78 is 10.4. The van der Waals surface area contributed by atoms with Gasteiger partial charge in [-0.15, -0.1) is 0 Å². The molecule has 6 heteroatoms. The predicted molar refractivity (Wildman–Crippen MR) is 255 cm³/mol. The summed E-state index contributed by atoms with van der Waals surface area (Å²) in [5.41, 5.74) is 14.1. The van der Waals surface area contributed by atoms with Crippen molar-refractivity contribution in [3.8, 4) is 0 Å². The maximum absolute atomic E-state index is 11.5. The maximum Gasteiger partial charge on any atom is 0.330 e. The van der Waals surface area contributed by atoms with Gasteiger partial charge in [0, 0.05) is 51.7 Å². The molecule has 1 aliphatic rings. The molecular formula is C56H58N2O4. The molecule has 1 aliphatic carbocycles. The van der Waals surface area contributed by atoms with Crippen LogP contribution in [0.4, 0.5) is 34.1 Å². The van der Waals surface area contributed by atoms with E-state index in [1.807, 2.05) is 0 Å². The number of anilines is 6. The molecule has 0 bridgehead atoms. The summed E-state index contributed by atoms with van der Waals surface area (Å²) in [6, 6.07) is 53.4. The Bertz CT molecular complexity index is 2230. The van der Waals surface area contributed by atoms with Crippen LogP contribution in [0.3, 0.4) is 0 Å². The van der Waals surface area contributed by atoms with Gasteiger partial charge in [0.25, 0.3) is 0 Å². The lowest BCUT2D eigenvalue weighted by Gasteiger charge is -2.39. The van der Waals surface area contributed by atoms with Crippen LogP contribution >= 0.6 is 0 Å². The molecular weight excluding hydrogens is 765 g/mol. The molecule has 0 aliphatic heterocycles. The smallest absolute Gasteiger partial charge is 0.330 e. The number of esters is 2. The third kappa shape index (κ3) is 10.6. The molecule has 316 valence electrons. The Labute approximate surface area is 368 Å². The first-order valence-electron chi connectivity index (χ1n) is 22.0. The SMILES string of the molecule is C=CC(=O)OCCCc1ccc(N(c2ccc(C)cc2)c2ccc(C3(c4ccc(N(c5ccc(C)cc5)c5ccc(CCCOC(=O)C=C)cc5)cc4)CCCCC3)cc2)cc1. The Kier molecular flexibility index (Phi) is 14.5. The summed E-state index contributed by atoms with van der Waals surface area (Å²) >= 11 is 0. The number of carbonyl (C=O) groups excluding carboxylic acids is 2. The van der Waals surface area contributed by atoms with E-state index < -0.39 is 0 Å². The molecule has 0 heterocycles. The van der Waals surface area contributed by atoms with Gasteiger partial charge in [-0.3, -0.25) is 0 Å². The van der Waals surface area contributed by atoms with Gasteiger partial charge in [0.05, 0.1) is 13.2 Å². The van der Waals surface area contributed by atoms with Gasteiger partial charge in [-0.2, -0.15) is 0 Å². The van der Waals surface area contributed by atoms with Crippen LogP contribution in [0, 0.1) is 13.8 Å². The van der Waals surface area contributed by atoms with Crippen LogP contribution in [0.2, 0.25) is 0 Å². The highest BCUT2D eigenvalue weighted by Gasteiger charge is 2.36. The van der Waals surface area contributed by atoms with Gasteiger partial charge in [-0.1, -0.05) is 116 Å². The summed E-state index contributed by atoms with van der Waals surface area (Å²) in [4.78, 5) is 27.6. The molecule has 62 heavy (non-hydrogen) atoms. The molecule has 0 aromatic heterocycles. The molecule has 7 rings (SSSR count). The lowest BCUT2D eigenvalue weighted by molar-refractivity contribution is -0.138. The summed E-state index contributed by atoms with van der Waals surface area (Å²) in [5, 5.41) is 0. The molecule has 6 aromatic carbocycles. The zero-order valence-corrected chi connectivity index (χ0v) is 36.2. The minimum absolute atomic E-state index is 0.0814. The molecule has 0 saturated heterocycles. The van der Waals surface area contributed by atoms with E-state index in [9.17, 15) is 9.59 Å². The van der Waals surface area contributed by atoms with Gasteiger partial charge >= 0.3 is 11.9 Å². The first-order chi connectivity index (χ1) is 30.3. The van der Waals surface area contributed by atoms with E-state index in [0.29, 0.717) is 13.2 Å². The Morgan fingerprint density at radius 1 is 0.484 bits per heavy atom. The van der Waals surface area contributed by atoms with Crippen molar-refractivity contribution < 1.29 is 19.1 Å². The average molecular weight is 823 g/mol. The average Bonchev–Trinajstić information content (AvgIpc) is 3.32. The molecule has 0 unspecified atom stereocenters. The summed E-state index contributed by atoms with van der Waals surface area (Å²) in [5.74, 6) is -0.765. The number of rotatable bonds is 18. The van der Waals surface area contributed by atoms with E-state index in [4.69, 9.17) is 9.47 Å². The van der Waals surface area contributed by atoms with Crippen LogP contribution in [0.15, 0.2) is 171 Å². The molecule has 0 spiro atoms. The highest BCUT2D eigenvalue weighted by atomic mass is 16.5. The number of benzene rings is 6. The molecule has 0 N–H and O–H groups in total. The van der Waals surface area contributed by atoms with Gasteiger partial charge in [0.1, 0.15) is 0 Å². The Hall–Kier alpha value is -6.66. The second-order valence-electron chi connectivity index (χ2n) is 16.4. The van der Waals surface area contributed by atoms with E-state index in [-0.39, 0.29) is 17.4 Å². The molecule has 0 amide bonds. The van der Waals surface area contributed by atoms with Crippen LogP contribution in [0.25, 0.3) is 0 Å². The number of hydrogen-bond acceptors (Lipinski definition) is 6. The zero-order valence-electron chi connectivity index (χ0n) is 36.2. The predicted octanol–water partition coefficient (Wildman–Crippen LogP) is 13.8. The molecule has 1 saturated carbocycles. The number of nitrogens with zero attached hydrogens (tertiary/aromatic N) is 2. The summed E-state index contributed by atoms with van der Waals surface area (Å²) in [6.07, 6.45) is 11.4. The van der Waals surface area contributed by atoms with Crippen molar-refractivity contribution in [2.45, 2.75) is 77.0 Å². The van der Waals surface area contributed by atoms with Gasteiger partial charge in [-0.05, 0) is 147 Å². The highest BCUT2D eigenvalue weighted by molar-refractivity contribution is 5.82. The van der Waals surface area contributed by atoms with Crippen molar-refractivity contribution in [2.75, 3.05) is 23.0 Å². The molecule has 6 nitrogen and oxygen atoms in total. The number of aryl methyl sites for hydroxylation is 4. The van der Waals surface area contributed by atoms with Gasteiger partial charge in [0.15, 0.2) is 0 Å². The third-order valence-electron chi connectivity index (χ3n) is 12.1. The standard InChI is InChI=1S/C56H58N2O4/c1-5-54(59)61-40-10-12-44-18-30-50(31-19-44)57(48-26-14-42(3)15-27-48)52-34-22-46(23-35-52)56(38-8-7-9-39-56)47-24-36-53(37-25-47)58(49-28-16-43(4)17-29-49)51-32-20-45(21-33-51)13-11-41-62-55(60)6-2/h5-6,14-37H,1-2,7-13,38-41H2,3-4H3. The fourth-order valence-corrected chi connectivity index (χ4v) is 8.68. The van der Waals surface area contributed by atoms with Crippen molar-refractivity contribution in [1.29, 1.82) is 0 Å². The van der Waals surface area contributed by atoms with Crippen LogP contribution in [-0.4, -0.2) is 25.2 Å². The summed E-state index contributed by atoms with van der Waals surface area (Å²) in [6.45, 7) is 11.9. The van der Waals surface area contributed by atoms with Crippen molar-refractivity contribution in [3.63, 3.8) is 0 Å². The van der Waals surface area contributed by atoms with E-state index in [1.54, 1.807) is 0 Å². The topological polar surface area (TPSA) is 59.1 Å². The lowest BCUT2D eigenvalue weighted by atomic mass is 9.65. The largest absolute Gasteiger partial charge is 0.463 e. The monoisotopic (exact) mass is 822 g/mol. The van der Waals surface area contributed by atoms with Crippen LogP contribution in [0.1, 0.15) is 78.3 Å². The van der Waals surface area contributed by atoms with Gasteiger partial charge in [0.2, 0.25) is 0 Å². The fourth-order valence-electron chi connectivity index (χ4n) is 8.68. The Balaban J connectivity index is 1.15. The third-order valence-corrected chi connectivity index (χ3v) is 12.1. The zero-order chi connectivity index (χ0) is 43.3. The van der Waals surface area contributed by atoms with E-state index >= 15 is 0 Å². The van der Waals surface area contributed by atoms with E-state index in [1.165, 1.54) is 64.8 Å². The maximum atomic E-state index is 11.5. The second kappa shape index (κ2) is 20.7. The fraction of sp³-hybridized carbons (Fsp3) is 0.250.